The van der Waals surface area contributed by atoms with Gasteiger partial charge in [-0.15, -0.1) is 5.10 Å². The molecule has 3 aromatic rings. The maximum absolute atomic E-state index is 12.1. The molecule has 1 atom stereocenters. The molecule has 0 N–H and O–H groups in total. The number of hydrogen-bond donors (Lipinski definition) is 0. The van der Waals surface area contributed by atoms with Crippen molar-refractivity contribution in [3.63, 3.8) is 0 Å². The van der Waals surface area contributed by atoms with Crippen LogP contribution in [0.5, 0.6) is 0 Å². The maximum Gasteiger partial charge on any atom is 0.219 e. The molecular weight excluding hydrogens is 318 g/mol. The van der Waals surface area contributed by atoms with Crippen LogP contribution in [0, 0.1) is 6.92 Å². The number of aryl methyl sites for hydroxylation is 1. The predicted octanol–water partition coefficient (Wildman–Crippen LogP) is 2.11. The third-order valence-electron chi connectivity index (χ3n) is 4.76. The van der Waals surface area contributed by atoms with Crippen LogP contribution in [0.25, 0.3) is 16.6 Å². The third kappa shape index (κ3) is 3.07. The Labute approximate surface area is 145 Å². The van der Waals surface area contributed by atoms with E-state index in [2.05, 4.69) is 39.8 Å². The summed E-state index contributed by atoms with van der Waals surface area (Å²) in [5.74, 6) is 0.0325. The highest BCUT2D eigenvalue weighted by molar-refractivity contribution is 5.84. The van der Waals surface area contributed by atoms with Crippen LogP contribution >= 0.6 is 0 Å². The van der Waals surface area contributed by atoms with E-state index >= 15 is 0 Å². The molecule has 25 heavy (non-hydrogen) atoms. The van der Waals surface area contributed by atoms with Gasteiger partial charge in [-0.1, -0.05) is 12.1 Å². The summed E-state index contributed by atoms with van der Waals surface area (Å²) >= 11 is 0. The Morgan fingerprint density at radius 2 is 2.28 bits per heavy atom. The predicted molar refractivity (Wildman–Crippen MR) is 93.1 cm³/mol. The van der Waals surface area contributed by atoms with E-state index in [0.29, 0.717) is 18.7 Å². The van der Waals surface area contributed by atoms with E-state index in [-0.39, 0.29) is 12.0 Å². The molecule has 0 spiro atoms. The van der Waals surface area contributed by atoms with Crippen LogP contribution in [-0.4, -0.2) is 50.1 Å². The zero-order valence-electron chi connectivity index (χ0n) is 14.5. The highest BCUT2D eigenvalue weighted by Crippen LogP contribution is 2.22. The van der Waals surface area contributed by atoms with Gasteiger partial charge in [-0.05, 0) is 47.9 Å². The van der Waals surface area contributed by atoms with Crippen molar-refractivity contribution in [2.24, 2.45) is 0 Å². The van der Waals surface area contributed by atoms with E-state index in [1.165, 1.54) is 0 Å². The van der Waals surface area contributed by atoms with Gasteiger partial charge in [-0.25, -0.2) is 0 Å². The molecule has 7 heteroatoms. The highest BCUT2D eigenvalue weighted by Gasteiger charge is 2.22. The second-order valence-corrected chi connectivity index (χ2v) is 6.68. The number of ether oxygens (including phenoxy) is 1. The van der Waals surface area contributed by atoms with Crippen molar-refractivity contribution in [1.29, 1.82) is 0 Å². The SMILES string of the molecule is CC(=O)N(Cc1cc2ccc(C)cc2n2nnnc12)CC1CCCO1. The minimum atomic E-state index is 0.0325. The second-order valence-electron chi connectivity index (χ2n) is 6.68. The third-order valence-corrected chi connectivity index (χ3v) is 4.76. The van der Waals surface area contributed by atoms with Gasteiger partial charge in [-0.3, -0.25) is 4.79 Å². The molecule has 2 aromatic heterocycles. The molecule has 1 aromatic carbocycles. The quantitative estimate of drug-likeness (QED) is 0.728. The van der Waals surface area contributed by atoms with E-state index in [9.17, 15) is 4.79 Å². The van der Waals surface area contributed by atoms with Crippen molar-refractivity contribution in [2.45, 2.75) is 39.3 Å². The Hall–Kier alpha value is -2.54. The average Bonchev–Trinajstić information content (AvgIpc) is 3.26. The fourth-order valence-electron chi connectivity index (χ4n) is 3.42. The number of amides is 1. The molecule has 1 unspecified atom stereocenters. The molecule has 1 amide bonds. The molecule has 1 aliphatic heterocycles. The molecule has 0 aliphatic carbocycles. The lowest BCUT2D eigenvalue weighted by Crippen LogP contribution is -2.35. The number of benzene rings is 1. The summed E-state index contributed by atoms with van der Waals surface area (Å²) in [6, 6.07) is 8.27. The van der Waals surface area contributed by atoms with Gasteiger partial charge in [0.05, 0.1) is 11.6 Å². The lowest BCUT2D eigenvalue weighted by Gasteiger charge is -2.24. The number of pyridine rings is 1. The van der Waals surface area contributed by atoms with Crippen molar-refractivity contribution in [3.8, 4) is 0 Å². The number of hydrogen-bond acceptors (Lipinski definition) is 5. The average molecular weight is 339 g/mol. The molecule has 1 aliphatic rings. The molecular formula is C18H21N5O2. The van der Waals surface area contributed by atoms with E-state index < -0.39 is 0 Å². The lowest BCUT2D eigenvalue weighted by atomic mass is 10.1. The largest absolute Gasteiger partial charge is 0.376 e. The van der Waals surface area contributed by atoms with Gasteiger partial charge in [0.15, 0.2) is 5.65 Å². The smallest absolute Gasteiger partial charge is 0.219 e. The Morgan fingerprint density at radius 3 is 3.04 bits per heavy atom. The summed E-state index contributed by atoms with van der Waals surface area (Å²) in [6.07, 6.45) is 2.19. The van der Waals surface area contributed by atoms with Crippen molar-refractivity contribution in [1.82, 2.24) is 24.9 Å². The van der Waals surface area contributed by atoms with Crippen molar-refractivity contribution < 1.29 is 9.53 Å². The highest BCUT2D eigenvalue weighted by atomic mass is 16.5. The number of aromatic nitrogens is 4. The number of carbonyl (C=O) groups excluding carboxylic acids is 1. The van der Waals surface area contributed by atoms with E-state index in [4.69, 9.17) is 4.74 Å². The minimum absolute atomic E-state index is 0.0325. The molecule has 3 heterocycles. The zero-order valence-corrected chi connectivity index (χ0v) is 14.5. The molecule has 0 saturated carbocycles. The van der Waals surface area contributed by atoms with Crippen molar-refractivity contribution in [3.05, 3.63) is 35.4 Å². The first-order valence-corrected chi connectivity index (χ1v) is 8.59. The van der Waals surface area contributed by atoms with Gasteiger partial charge in [0.1, 0.15) is 0 Å². The van der Waals surface area contributed by atoms with Crippen LogP contribution < -0.4 is 0 Å². The first-order valence-electron chi connectivity index (χ1n) is 8.59. The Balaban J connectivity index is 1.72. The lowest BCUT2D eigenvalue weighted by molar-refractivity contribution is -0.131. The number of nitrogens with zero attached hydrogens (tertiary/aromatic N) is 5. The standard InChI is InChI=1S/C18H21N5O2/c1-12-5-6-14-9-15(18-19-20-21-23(18)17(14)8-12)10-22(13(2)24)11-16-4-3-7-25-16/h5-6,8-9,16H,3-4,7,10-11H2,1-2H3. The van der Waals surface area contributed by atoms with E-state index in [1.54, 1.807) is 11.4 Å². The topological polar surface area (TPSA) is 72.6 Å². The van der Waals surface area contributed by atoms with Crippen LogP contribution in [-0.2, 0) is 16.1 Å². The Bertz CT molecular complexity index is 930. The summed E-state index contributed by atoms with van der Waals surface area (Å²) in [5.41, 5.74) is 3.75. The van der Waals surface area contributed by atoms with Crippen LogP contribution in [0.15, 0.2) is 24.3 Å². The molecule has 0 radical (unpaired) electrons. The maximum atomic E-state index is 12.1. The summed E-state index contributed by atoms with van der Waals surface area (Å²) in [7, 11) is 0. The molecule has 1 fully saturated rings. The number of fused-ring (bicyclic) bond motifs is 3. The summed E-state index contributed by atoms with van der Waals surface area (Å²) in [4.78, 5) is 14.0. The minimum Gasteiger partial charge on any atom is -0.376 e. The second kappa shape index (κ2) is 6.40. The summed E-state index contributed by atoms with van der Waals surface area (Å²) in [5, 5.41) is 13.2. The van der Waals surface area contributed by atoms with Crippen LogP contribution in [0.1, 0.15) is 30.9 Å². The van der Waals surface area contributed by atoms with Gasteiger partial charge in [0, 0.05) is 37.6 Å². The normalized spacial score (nSPS) is 17.4. The first kappa shape index (κ1) is 16.0. The van der Waals surface area contributed by atoms with Crippen LogP contribution in [0.3, 0.4) is 0 Å². The van der Waals surface area contributed by atoms with Crippen LogP contribution in [0.2, 0.25) is 0 Å². The molecule has 1 saturated heterocycles. The van der Waals surface area contributed by atoms with Gasteiger partial charge in [0.2, 0.25) is 5.91 Å². The van der Waals surface area contributed by atoms with Gasteiger partial charge in [0.25, 0.3) is 0 Å². The summed E-state index contributed by atoms with van der Waals surface area (Å²) in [6.45, 7) is 5.50. The fourth-order valence-corrected chi connectivity index (χ4v) is 3.42. The van der Waals surface area contributed by atoms with Gasteiger partial charge in [-0.2, -0.15) is 4.52 Å². The fraction of sp³-hybridized carbons (Fsp3) is 0.444. The molecule has 0 bridgehead atoms. The van der Waals surface area contributed by atoms with Crippen LogP contribution in [0.4, 0.5) is 0 Å². The molecule has 7 nitrogen and oxygen atoms in total. The number of rotatable bonds is 4. The van der Waals surface area contributed by atoms with E-state index in [1.807, 2.05) is 11.8 Å². The van der Waals surface area contributed by atoms with E-state index in [0.717, 1.165) is 41.5 Å². The van der Waals surface area contributed by atoms with Crippen molar-refractivity contribution >= 4 is 22.5 Å². The Morgan fingerprint density at radius 1 is 1.40 bits per heavy atom. The summed E-state index contributed by atoms with van der Waals surface area (Å²) < 4.78 is 7.44. The Kier molecular flexibility index (Phi) is 4.09. The van der Waals surface area contributed by atoms with Gasteiger partial charge >= 0.3 is 0 Å². The number of carbonyl (C=O) groups is 1. The monoisotopic (exact) mass is 339 g/mol. The number of tetrazole rings is 1. The molecule has 4 rings (SSSR count). The van der Waals surface area contributed by atoms with Crippen molar-refractivity contribution in [2.75, 3.05) is 13.2 Å². The molecule has 130 valence electrons. The van der Waals surface area contributed by atoms with Gasteiger partial charge < -0.3 is 9.64 Å². The first-order chi connectivity index (χ1) is 12.1. The zero-order chi connectivity index (χ0) is 17.4.